The number of benzene rings is 2. The Kier molecular flexibility index (Phi) is 2.70. The first kappa shape index (κ1) is 12.9. The molecule has 0 bridgehead atoms. The van der Waals surface area contributed by atoms with Gasteiger partial charge in [-0.05, 0) is 37.6 Å². The lowest BCUT2D eigenvalue weighted by atomic mass is 10.0. The van der Waals surface area contributed by atoms with Crippen LogP contribution in [-0.4, -0.2) is 0 Å². The molecule has 0 amide bonds. The van der Waals surface area contributed by atoms with Crippen LogP contribution in [0.25, 0.3) is 33.1 Å². The Balaban J connectivity index is 2.09. The molecule has 0 atom stereocenters. The number of hydrogen-bond donors (Lipinski definition) is 0. The topological polar surface area (TPSA) is 43.4 Å². The highest BCUT2D eigenvalue weighted by Crippen LogP contribution is 2.31. The molecule has 2 aromatic carbocycles. The third kappa shape index (κ3) is 1.86. The summed E-state index contributed by atoms with van der Waals surface area (Å²) in [7, 11) is 0. The van der Waals surface area contributed by atoms with E-state index >= 15 is 0 Å². The Morgan fingerprint density at radius 3 is 2.27 bits per heavy atom. The number of furan rings is 1. The summed E-state index contributed by atoms with van der Waals surface area (Å²) in [5, 5.41) is 1.93. The van der Waals surface area contributed by atoms with Crippen molar-refractivity contribution in [2.24, 2.45) is 0 Å². The van der Waals surface area contributed by atoms with Gasteiger partial charge in [0.05, 0.1) is 5.56 Å². The molecule has 2 heterocycles. The van der Waals surface area contributed by atoms with Gasteiger partial charge in [-0.1, -0.05) is 30.3 Å². The van der Waals surface area contributed by atoms with Crippen LogP contribution >= 0.6 is 0 Å². The average Bonchev–Trinajstić information content (AvgIpc) is 2.89. The Labute approximate surface area is 126 Å². The molecule has 2 aromatic heterocycles. The number of hydrogen-bond acceptors (Lipinski definition) is 3. The minimum Gasteiger partial charge on any atom is -0.461 e. The van der Waals surface area contributed by atoms with E-state index in [2.05, 4.69) is 0 Å². The second kappa shape index (κ2) is 4.60. The van der Waals surface area contributed by atoms with Gasteiger partial charge in [0.1, 0.15) is 16.9 Å². The summed E-state index contributed by atoms with van der Waals surface area (Å²) >= 11 is 0. The van der Waals surface area contributed by atoms with E-state index in [4.69, 9.17) is 8.83 Å². The first-order valence-corrected chi connectivity index (χ1v) is 7.16. The molecule has 3 nitrogen and oxygen atoms in total. The molecule has 22 heavy (non-hydrogen) atoms. The minimum absolute atomic E-state index is 0.329. The van der Waals surface area contributed by atoms with Gasteiger partial charge in [-0.25, -0.2) is 4.79 Å². The quantitative estimate of drug-likeness (QED) is 0.472. The van der Waals surface area contributed by atoms with Crippen molar-refractivity contribution in [3.05, 3.63) is 70.3 Å². The van der Waals surface area contributed by atoms with Crippen LogP contribution in [-0.2, 0) is 0 Å². The van der Waals surface area contributed by atoms with E-state index in [-0.39, 0.29) is 5.63 Å². The SMILES string of the molecule is Cc1cc2cc3cc(-c4ccccc4)c(=O)oc3c(C)c2o1. The van der Waals surface area contributed by atoms with Crippen molar-refractivity contribution in [2.75, 3.05) is 0 Å². The van der Waals surface area contributed by atoms with Crippen LogP contribution in [0.2, 0.25) is 0 Å². The first-order chi connectivity index (χ1) is 10.6. The Morgan fingerprint density at radius 2 is 1.50 bits per heavy atom. The maximum atomic E-state index is 12.3. The molecule has 4 aromatic rings. The molecular weight excluding hydrogens is 276 g/mol. The summed E-state index contributed by atoms with van der Waals surface area (Å²) in [5.74, 6) is 0.846. The molecule has 0 unspecified atom stereocenters. The van der Waals surface area contributed by atoms with E-state index in [9.17, 15) is 4.79 Å². The largest absolute Gasteiger partial charge is 0.461 e. The van der Waals surface area contributed by atoms with Crippen LogP contribution in [0.5, 0.6) is 0 Å². The van der Waals surface area contributed by atoms with E-state index in [1.54, 1.807) is 0 Å². The van der Waals surface area contributed by atoms with Crippen molar-refractivity contribution in [3.8, 4) is 11.1 Å². The van der Waals surface area contributed by atoms with Crippen LogP contribution in [0.1, 0.15) is 11.3 Å². The van der Waals surface area contributed by atoms with E-state index in [1.807, 2.05) is 62.4 Å². The summed E-state index contributed by atoms with van der Waals surface area (Å²) in [6, 6.07) is 15.5. The van der Waals surface area contributed by atoms with E-state index in [0.29, 0.717) is 11.1 Å². The summed E-state index contributed by atoms with van der Waals surface area (Å²) in [4.78, 5) is 12.3. The van der Waals surface area contributed by atoms with E-state index in [1.165, 1.54) is 0 Å². The molecule has 0 fully saturated rings. The molecule has 0 saturated carbocycles. The fraction of sp³-hybridized carbons (Fsp3) is 0.105. The lowest BCUT2D eigenvalue weighted by Crippen LogP contribution is -2.03. The van der Waals surface area contributed by atoms with E-state index < -0.39 is 0 Å². The third-order valence-corrected chi connectivity index (χ3v) is 3.94. The van der Waals surface area contributed by atoms with Crippen LogP contribution in [0.15, 0.2) is 62.2 Å². The van der Waals surface area contributed by atoms with Gasteiger partial charge in [0.25, 0.3) is 0 Å². The van der Waals surface area contributed by atoms with Crippen LogP contribution in [0.3, 0.4) is 0 Å². The van der Waals surface area contributed by atoms with Gasteiger partial charge < -0.3 is 8.83 Å². The standard InChI is InChI=1S/C19H14O3/c1-11-8-14-9-15-10-16(13-6-4-3-5-7-13)19(20)22-18(15)12(2)17(14)21-11/h3-10H,1-2H3. The normalized spacial score (nSPS) is 11.4. The van der Waals surface area contributed by atoms with Crippen LogP contribution in [0, 0.1) is 13.8 Å². The van der Waals surface area contributed by atoms with Crippen LogP contribution in [0.4, 0.5) is 0 Å². The highest BCUT2D eigenvalue weighted by molar-refractivity contribution is 5.98. The van der Waals surface area contributed by atoms with Gasteiger partial charge in [-0.2, -0.15) is 0 Å². The van der Waals surface area contributed by atoms with Crippen LogP contribution < -0.4 is 5.63 Å². The zero-order chi connectivity index (χ0) is 15.3. The molecule has 0 saturated heterocycles. The van der Waals surface area contributed by atoms with Gasteiger partial charge in [0.15, 0.2) is 0 Å². The monoisotopic (exact) mass is 290 g/mol. The predicted octanol–water partition coefficient (Wildman–Crippen LogP) is 4.82. The number of rotatable bonds is 1. The smallest absolute Gasteiger partial charge is 0.344 e. The molecule has 0 aliphatic heterocycles. The van der Waals surface area contributed by atoms with Gasteiger partial charge in [0, 0.05) is 16.3 Å². The highest BCUT2D eigenvalue weighted by atomic mass is 16.4. The Bertz CT molecular complexity index is 1050. The van der Waals surface area contributed by atoms with Crippen molar-refractivity contribution in [2.45, 2.75) is 13.8 Å². The lowest BCUT2D eigenvalue weighted by Gasteiger charge is -2.05. The minimum atomic E-state index is -0.329. The molecule has 0 N–H and O–H groups in total. The Hall–Kier alpha value is -2.81. The second-order valence-corrected chi connectivity index (χ2v) is 5.51. The molecule has 0 spiro atoms. The average molecular weight is 290 g/mol. The van der Waals surface area contributed by atoms with Crippen molar-refractivity contribution in [1.82, 2.24) is 0 Å². The predicted molar refractivity (Wildman–Crippen MR) is 87.2 cm³/mol. The van der Waals surface area contributed by atoms with Gasteiger partial charge >= 0.3 is 5.63 Å². The van der Waals surface area contributed by atoms with Crippen molar-refractivity contribution in [3.63, 3.8) is 0 Å². The van der Waals surface area contributed by atoms with Crippen molar-refractivity contribution < 1.29 is 8.83 Å². The van der Waals surface area contributed by atoms with Gasteiger partial charge in [0.2, 0.25) is 0 Å². The zero-order valence-electron chi connectivity index (χ0n) is 12.3. The molecule has 108 valence electrons. The fourth-order valence-corrected chi connectivity index (χ4v) is 2.91. The first-order valence-electron chi connectivity index (χ1n) is 7.16. The highest BCUT2D eigenvalue weighted by Gasteiger charge is 2.13. The van der Waals surface area contributed by atoms with Gasteiger partial charge in [-0.15, -0.1) is 0 Å². The number of aryl methyl sites for hydroxylation is 2. The fourth-order valence-electron chi connectivity index (χ4n) is 2.91. The second-order valence-electron chi connectivity index (χ2n) is 5.51. The molecule has 0 aliphatic carbocycles. The number of fused-ring (bicyclic) bond motifs is 2. The zero-order valence-corrected chi connectivity index (χ0v) is 12.3. The molecule has 4 rings (SSSR count). The van der Waals surface area contributed by atoms with Gasteiger partial charge in [-0.3, -0.25) is 0 Å². The summed E-state index contributed by atoms with van der Waals surface area (Å²) in [6.07, 6.45) is 0. The van der Waals surface area contributed by atoms with Crippen molar-refractivity contribution >= 4 is 21.9 Å². The van der Waals surface area contributed by atoms with Crippen molar-refractivity contribution in [1.29, 1.82) is 0 Å². The maximum Gasteiger partial charge on any atom is 0.344 e. The summed E-state index contributed by atoms with van der Waals surface area (Å²) in [6.45, 7) is 3.83. The summed E-state index contributed by atoms with van der Waals surface area (Å²) in [5.41, 5.74) is 3.33. The van der Waals surface area contributed by atoms with E-state index in [0.717, 1.165) is 33.2 Å². The Morgan fingerprint density at radius 1 is 0.818 bits per heavy atom. The maximum absolute atomic E-state index is 12.3. The molecular formula is C19H14O3. The molecule has 3 heteroatoms. The summed E-state index contributed by atoms with van der Waals surface area (Å²) < 4.78 is 11.3. The molecule has 0 radical (unpaired) electrons. The third-order valence-electron chi connectivity index (χ3n) is 3.94. The molecule has 0 aliphatic rings. The lowest BCUT2D eigenvalue weighted by molar-refractivity contribution is 0.554.